The van der Waals surface area contributed by atoms with Gasteiger partial charge < -0.3 is 5.32 Å². The number of nitro groups is 1. The topological polar surface area (TPSA) is 55.2 Å². The smallest absolute Gasteiger partial charge is 0.269 e. The van der Waals surface area contributed by atoms with Gasteiger partial charge in [0.2, 0.25) is 0 Å². The molecule has 1 aromatic carbocycles. The monoisotopic (exact) mass is 290 g/mol. The van der Waals surface area contributed by atoms with E-state index < -0.39 is 0 Å². The van der Waals surface area contributed by atoms with Crippen LogP contribution in [0.1, 0.15) is 35.2 Å². The highest BCUT2D eigenvalue weighted by Crippen LogP contribution is 2.23. The van der Waals surface area contributed by atoms with Crippen LogP contribution in [-0.2, 0) is 13.0 Å². The minimum atomic E-state index is -0.377. The number of nitrogens with one attached hydrogen (secondary N) is 1. The summed E-state index contributed by atoms with van der Waals surface area (Å²) in [5.41, 5.74) is 1.18. The van der Waals surface area contributed by atoms with Crippen LogP contribution in [0.4, 0.5) is 5.69 Å². The van der Waals surface area contributed by atoms with Crippen LogP contribution in [0.25, 0.3) is 0 Å². The zero-order chi connectivity index (χ0) is 14.5. The Morgan fingerprint density at radius 3 is 2.50 bits per heavy atom. The van der Waals surface area contributed by atoms with Crippen LogP contribution in [0.5, 0.6) is 0 Å². The SMILES string of the molecule is CCc1ccc(C(C)NCc2ccc([N+](=O)[O-])cc2)s1. The molecule has 0 spiro atoms. The molecule has 4 nitrogen and oxygen atoms in total. The average molecular weight is 290 g/mol. The van der Waals surface area contributed by atoms with Gasteiger partial charge in [-0.15, -0.1) is 11.3 Å². The number of hydrogen-bond donors (Lipinski definition) is 1. The van der Waals surface area contributed by atoms with Gasteiger partial charge in [-0.1, -0.05) is 19.1 Å². The molecule has 5 heteroatoms. The van der Waals surface area contributed by atoms with Gasteiger partial charge in [-0.2, -0.15) is 0 Å². The Morgan fingerprint density at radius 1 is 1.25 bits per heavy atom. The number of thiophene rings is 1. The van der Waals surface area contributed by atoms with E-state index in [1.165, 1.54) is 9.75 Å². The molecule has 0 radical (unpaired) electrons. The maximum atomic E-state index is 10.6. The summed E-state index contributed by atoms with van der Waals surface area (Å²) in [7, 11) is 0. The second-order valence-corrected chi connectivity index (χ2v) is 5.88. The van der Waals surface area contributed by atoms with Crippen molar-refractivity contribution >= 4 is 17.0 Å². The molecule has 1 aromatic heterocycles. The number of aryl methyl sites for hydroxylation is 1. The van der Waals surface area contributed by atoms with Crippen LogP contribution in [0, 0.1) is 10.1 Å². The molecule has 0 aliphatic carbocycles. The minimum absolute atomic E-state index is 0.132. The van der Waals surface area contributed by atoms with Gasteiger partial charge in [0.15, 0.2) is 0 Å². The fourth-order valence-electron chi connectivity index (χ4n) is 1.92. The van der Waals surface area contributed by atoms with Gasteiger partial charge in [-0.05, 0) is 31.0 Å². The summed E-state index contributed by atoms with van der Waals surface area (Å²) < 4.78 is 0. The summed E-state index contributed by atoms with van der Waals surface area (Å²) in [6, 6.07) is 11.3. The molecule has 0 aliphatic rings. The zero-order valence-electron chi connectivity index (χ0n) is 11.6. The average Bonchev–Trinajstić information content (AvgIpc) is 2.94. The molecule has 0 bridgehead atoms. The fourth-order valence-corrected chi connectivity index (χ4v) is 2.90. The Labute approximate surface area is 122 Å². The normalized spacial score (nSPS) is 12.3. The lowest BCUT2D eigenvalue weighted by Gasteiger charge is -2.12. The molecule has 2 rings (SSSR count). The molecule has 0 fully saturated rings. The molecule has 2 aromatic rings. The van der Waals surface area contributed by atoms with Gasteiger partial charge in [-0.3, -0.25) is 10.1 Å². The third-order valence-corrected chi connectivity index (χ3v) is 4.63. The maximum Gasteiger partial charge on any atom is 0.269 e. The third-order valence-electron chi connectivity index (χ3n) is 3.22. The first kappa shape index (κ1) is 14.7. The van der Waals surface area contributed by atoms with E-state index in [-0.39, 0.29) is 16.7 Å². The summed E-state index contributed by atoms with van der Waals surface area (Å²) in [6.45, 7) is 5.00. The second-order valence-electron chi connectivity index (χ2n) is 4.68. The van der Waals surface area contributed by atoms with Crippen molar-refractivity contribution in [1.29, 1.82) is 0 Å². The number of benzene rings is 1. The zero-order valence-corrected chi connectivity index (χ0v) is 12.4. The summed E-state index contributed by atoms with van der Waals surface area (Å²) in [4.78, 5) is 12.9. The molecule has 1 heterocycles. The molecule has 20 heavy (non-hydrogen) atoms. The molecule has 106 valence electrons. The molecule has 0 saturated heterocycles. The largest absolute Gasteiger partial charge is 0.305 e. The molecule has 0 aliphatic heterocycles. The second kappa shape index (κ2) is 6.63. The lowest BCUT2D eigenvalue weighted by molar-refractivity contribution is -0.384. The Morgan fingerprint density at radius 2 is 1.95 bits per heavy atom. The summed E-state index contributed by atoms with van der Waals surface area (Å²) in [5.74, 6) is 0. The van der Waals surface area contributed by atoms with Crippen molar-refractivity contribution in [3.8, 4) is 0 Å². The van der Waals surface area contributed by atoms with Gasteiger partial charge >= 0.3 is 0 Å². The number of nitro benzene ring substituents is 1. The van der Waals surface area contributed by atoms with Crippen molar-refractivity contribution in [2.45, 2.75) is 32.9 Å². The van der Waals surface area contributed by atoms with Crippen LogP contribution < -0.4 is 5.32 Å². The Hall–Kier alpha value is -1.72. The standard InChI is InChI=1S/C15H18N2O2S/c1-3-14-8-9-15(20-14)11(2)16-10-12-4-6-13(7-5-12)17(18)19/h4-9,11,16H,3,10H2,1-2H3. The van der Waals surface area contributed by atoms with Gasteiger partial charge in [0, 0.05) is 34.5 Å². The molecule has 0 saturated carbocycles. The van der Waals surface area contributed by atoms with Crippen molar-refractivity contribution < 1.29 is 4.92 Å². The molecular weight excluding hydrogens is 272 g/mol. The van der Waals surface area contributed by atoms with Crippen LogP contribution in [0.2, 0.25) is 0 Å². The van der Waals surface area contributed by atoms with Crippen LogP contribution >= 0.6 is 11.3 Å². The first-order chi connectivity index (χ1) is 9.60. The summed E-state index contributed by atoms with van der Waals surface area (Å²) in [6.07, 6.45) is 1.07. The quantitative estimate of drug-likeness (QED) is 0.644. The van der Waals surface area contributed by atoms with Gasteiger partial charge in [-0.25, -0.2) is 0 Å². The molecular formula is C15H18N2O2S. The van der Waals surface area contributed by atoms with Crippen molar-refractivity contribution in [3.05, 3.63) is 61.8 Å². The fraction of sp³-hybridized carbons (Fsp3) is 0.333. The van der Waals surface area contributed by atoms with Crippen molar-refractivity contribution in [3.63, 3.8) is 0 Å². The van der Waals surface area contributed by atoms with E-state index in [1.807, 2.05) is 11.3 Å². The summed E-state index contributed by atoms with van der Waals surface area (Å²) in [5, 5.41) is 14.0. The van der Waals surface area contributed by atoms with E-state index in [0.29, 0.717) is 6.54 Å². The Balaban J connectivity index is 1.92. The first-order valence-corrected chi connectivity index (χ1v) is 7.47. The Bertz CT molecular complexity index is 578. The number of nitrogens with zero attached hydrogens (tertiary/aromatic N) is 1. The van der Waals surface area contributed by atoms with E-state index in [1.54, 1.807) is 24.3 Å². The summed E-state index contributed by atoms with van der Waals surface area (Å²) >= 11 is 1.83. The molecule has 0 amide bonds. The van der Waals surface area contributed by atoms with Crippen molar-refractivity contribution in [2.75, 3.05) is 0 Å². The van der Waals surface area contributed by atoms with E-state index in [4.69, 9.17) is 0 Å². The highest BCUT2D eigenvalue weighted by atomic mass is 32.1. The van der Waals surface area contributed by atoms with E-state index in [9.17, 15) is 10.1 Å². The predicted octanol–water partition coefficient (Wildman–Crippen LogP) is 4.07. The molecule has 1 N–H and O–H groups in total. The van der Waals surface area contributed by atoms with Crippen molar-refractivity contribution in [1.82, 2.24) is 5.32 Å². The molecule has 1 unspecified atom stereocenters. The maximum absolute atomic E-state index is 10.6. The Kier molecular flexibility index (Phi) is 4.87. The third kappa shape index (κ3) is 3.65. The number of rotatable bonds is 6. The molecule has 1 atom stereocenters. The van der Waals surface area contributed by atoms with Gasteiger partial charge in [0.1, 0.15) is 0 Å². The van der Waals surface area contributed by atoms with Crippen molar-refractivity contribution in [2.24, 2.45) is 0 Å². The predicted molar refractivity (Wildman–Crippen MR) is 82.0 cm³/mol. The van der Waals surface area contributed by atoms with E-state index >= 15 is 0 Å². The van der Waals surface area contributed by atoms with Gasteiger partial charge in [0.25, 0.3) is 5.69 Å². The lowest BCUT2D eigenvalue weighted by Crippen LogP contribution is -2.17. The number of non-ortho nitro benzene ring substituents is 1. The van der Waals surface area contributed by atoms with Gasteiger partial charge in [0.05, 0.1) is 4.92 Å². The number of hydrogen-bond acceptors (Lipinski definition) is 4. The van der Waals surface area contributed by atoms with Crippen LogP contribution in [0.15, 0.2) is 36.4 Å². The highest BCUT2D eigenvalue weighted by molar-refractivity contribution is 7.12. The van der Waals surface area contributed by atoms with Crippen LogP contribution in [0.3, 0.4) is 0 Å². The minimum Gasteiger partial charge on any atom is -0.305 e. The van der Waals surface area contributed by atoms with Crippen LogP contribution in [-0.4, -0.2) is 4.92 Å². The van der Waals surface area contributed by atoms with E-state index in [2.05, 4.69) is 31.3 Å². The highest BCUT2D eigenvalue weighted by Gasteiger charge is 2.08. The van der Waals surface area contributed by atoms with E-state index in [0.717, 1.165) is 12.0 Å². The first-order valence-electron chi connectivity index (χ1n) is 6.65. The lowest BCUT2D eigenvalue weighted by atomic mass is 10.2.